The molecular formula is C21H22N4O5S2. The highest BCUT2D eigenvalue weighted by atomic mass is 32.2. The number of para-hydroxylation sites is 1. The number of carbonyl (C=O) groups excluding carboxylic acids is 1. The Hall–Kier alpha value is -3.15. The van der Waals surface area contributed by atoms with E-state index in [4.69, 9.17) is 0 Å². The summed E-state index contributed by atoms with van der Waals surface area (Å²) in [5.74, 6) is -0.329. The third-order valence-corrected chi connectivity index (χ3v) is 6.73. The minimum atomic E-state index is -3.47. The van der Waals surface area contributed by atoms with Crippen LogP contribution in [0.25, 0.3) is 16.3 Å². The molecular weight excluding hydrogens is 452 g/mol. The van der Waals surface area contributed by atoms with E-state index < -0.39 is 14.8 Å². The van der Waals surface area contributed by atoms with Gasteiger partial charge in [-0.1, -0.05) is 17.4 Å². The summed E-state index contributed by atoms with van der Waals surface area (Å²) in [4.78, 5) is 31.4. The molecule has 0 saturated heterocycles. The van der Waals surface area contributed by atoms with Crippen molar-refractivity contribution in [2.24, 2.45) is 0 Å². The number of non-ortho nitro benzene ring substituents is 1. The summed E-state index contributed by atoms with van der Waals surface area (Å²) >= 11 is 1.24. The number of nitrogens with zero attached hydrogens (tertiary/aromatic N) is 4. The molecule has 0 fully saturated rings. The summed E-state index contributed by atoms with van der Waals surface area (Å²) < 4.78 is 24.9. The summed E-state index contributed by atoms with van der Waals surface area (Å²) in [5.41, 5.74) is 0.953. The summed E-state index contributed by atoms with van der Waals surface area (Å²) in [6.45, 7) is 0.927. The van der Waals surface area contributed by atoms with Crippen LogP contribution < -0.4 is 4.90 Å². The minimum Gasteiger partial charge on any atom is -0.308 e. The number of sulfone groups is 1. The fraction of sp³-hybridized carbons (Fsp3) is 0.238. The Morgan fingerprint density at radius 2 is 1.84 bits per heavy atom. The van der Waals surface area contributed by atoms with Crippen molar-refractivity contribution in [2.45, 2.75) is 4.90 Å². The molecule has 0 bridgehead atoms. The van der Waals surface area contributed by atoms with Gasteiger partial charge in [-0.05, 0) is 50.0 Å². The normalized spacial score (nSPS) is 12.0. The topological polar surface area (TPSA) is 114 Å². The van der Waals surface area contributed by atoms with Gasteiger partial charge in [0.15, 0.2) is 15.0 Å². The molecule has 168 valence electrons. The van der Waals surface area contributed by atoms with Crippen molar-refractivity contribution < 1.29 is 18.1 Å². The molecule has 0 aliphatic rings. The number of hydrogen-bond donors (Lipinski definition) is 0. The molecule has 0 saturated carbocycles. The van der Waals surface area contributed by atoms with E-state index in [0.29, 0.717) is 34.0 Å². The second kappa shape index (κ2) is 9.55. The van der Waals surface area contributed by atoms with Crippen molar-refractivity contribution in [1.29, 1.82) is 0 Å². The Morgan fingerprint density at radius 1 is 1.16 bits per heavy atom. The summed E-state index contributed by atoms with van der Waals surface area (Å²) in [6, 6.07) is 10.8. The van der Waals surface area contributed by atoms with E-state index in [1.54, 1.807) is 30.3 Å². The van der Waals surface area contributed by atoms with E-state index in [2.05, 4.69) is 4.98 Å². The third-order valence-electron chi connectivity index (χ3n) is 4.56. The van der Waals surface area contributed by atoms with Crippen molar-refractivity contribution >= 4 is 54.2 Å². The molecule has 1 amide bonds. The average molecular weight is 475 g/mol. The van der Waals surface area contributed by atoms with E-state index in [-0.39, 0.29) is 16.5 Å². The van der Waals surface area contributed by atoms with Gasteiger partial charge in [-0.15, -0.1) is 0 Å². The van der Waals surface area contributed by atoms with Crippen molar-refractivity contribution in [1.82, 2.24) is 9.88 Å². The van der Waals surface area contributed by atoms with E-state index >= 15 is 0 Å². The second-order valence-electron chi connectivity index (χ2n) is 7.35. The number of carbonyl (C=O) groups is 1. The number of nitro groups is 1. The van der Waals surface area contributed by atoms with Crippen LogP contribution in [0.3, 0.4) is 0 Å². The predicted molar refractivity (Wildman–Crippen MR) is 126 cm³/mol. The van der Waals surface area contributed by atoms with Crippen LogP contribution in [0.5, 0.6) is 0 Å². The maximum Gasteiger partial charge on any atom is 0.269 e. The van der Waals surface area contributed by atoms with Gasteiger partial charge in [0.25, 0.3) is 11.6 Å². The van der Waals surface area contributed by atoms with Crippen LogP contribution in [0, 0.1) is 10.1 Å². The fourth-order valence-electron chi connectivity index (χ4n) is 2.89. The number of likely N-dealkylation sites (N-methyl/N-ethyl adjacent to an activating group) is 1. The number of nitro benzene ring substituents is 1. The molecule has 3 aromatic rings. The van der Waals surface area contributed by atoms with Gasteiger partial charge < -0.3 is 4.90 Å². The first-order valence-corrected chi connectivity index (χ1v) is 12.3. The lowest BCUT2D eigenvalue weighted by atomic mass is 10.2. The molecule has 0 aliphatic carbocycles. The van der Waals surface area contributed by atoms with Crippen LogP contribution in [0.1, 0.15) is 5.56 Å². The minimum absolute atomic E-state index is 0.0303. The zero-order chi connectivity index (χ0) is 23.5. The molecule has 1 heterocycles. The van der Waals surface area contributed by atoms with Gasteiger partial charge in [0.2, 0.25) is 0 Å². The van der Waals surface area contributed by atoms with Gasteiger partial charge >= 0.3 is 0 Å². The summed E-state index contributed by atoms with van der Waals surface area (Å²) in [6.07, 6.45) is 4.08. The Bertz CT molecular complexity index is 1280. The fourth-order valence-corrected chi connectivity index (χ4v) is 4.81. The molecule has 9 nitrogen and oxygen atoms in total. The number of thiazole rings is 1. The third kappa shape index (κ3) is 5.55. The first kappa shape index (κ1) is 23.5. The average Bonchev–Trinajstić information content (AvgIpc) is 3.15. The molecule has 32 heavy (non-hydrogen) atoms. The SMILES string of the molecule is CN(C)CCN(C(=O)C=Cc1ccc([N+](=O)[O-])cc1)c1nc2c(S(C)(=O)=O)cccc2s1. The van der Waals surface area contributed by atoms with Crippen LogP contribution >= 0.6 is 11.3 Å². The molecule has 0 spiro atoms. The van der Waals surface area contributed by atoms with E-state index in [1.807, 2.05) is 19.0 Å². The predicted octanol–water partition coefficient (Wildman–Crippen LogP) is 3.22. The van der Waals surface area contributed by atoms with Gasteiger partial charge in [0.05, 0.1) is 14.5 Å². The van der Waals surface area contributed by atoms with Gasteiger partial charge in [-0.2, -0.15) is 0 Å². The molecule has 0 aliphatic heterocycles. The van der Waals surface area contributed by atoms with Crippen molar-refractivity contribution in [3.05, 3.63) is 64.2 Å². The van der Waals surface area contributed by atoms with Crippen molar-refractivity contribution in [3.8, 4) is 0 Å². The van der Waals surface area contributed by atoms with Gasteiger partial charge in [0, 0.05) is 37.6 Å². The molecule has 0 atom stereocenters. The number of hydrogen-bond acceptors (Lipinski definition) is 8. The first-order chi connectivity index (χ1) is 15.1. The number of benzene rings is 2. The summed E-state index contributed by atoms with van der Waals surface area (Å²) in [7, 11) is 0.296. The Morgan fingerprint density at radius 3 is 2.44 bits per heavy atom. The van der Waals surface area contributed by atoms with Crippen molar-refractivity contribution in [3.63, 3.8) is 0 Å². The Balaban J connectivity index is 1.94. The van der Waals surface area contributed by atoms with E-state index in [9.17, 15) is 23.3 Å². The number of anilines is 1. The van der Waals surface area contributed by atoms with E-state index in [1.165, 1.54) is 40.5 Å². The second-order valence-corrected chi connectivity index (χ2v) is 10.3. The molecule has 0 unspecified atom stereocenters. The Labute approximate surface area is 189 Å². The maximum absolute atomic E-state index is 13.0. The maximum atomic E-state index is 13.0. The molecule has 1 aromatic heterocycles. The van der Waals surface area contributed by atoms with Crippen LogP contribution in [0.2, 0.25) is 0 Å². The monoisotopic (exact) mass is 474 g/mol. The van der Waals surface area contributed by atoms with Crippen molar-refractivity contribution in [2.75, 3.05) is 38.3 Å². The number of amides is 1. The lowest BCUT2D eigenvalue weighted by Gasteiger charge is -2.20. The highest BCUT2D eigenvalue weighted by Gasteiger charge is 2.21. The molecule has 11 heteroatoms. The number of rotatable bonds is 8. The standard InChI is InChI=1S/C21H22N4O5S2/c1-23(2)13-14-24(19(26)12-9-15-7-10-16(11-8-15)25(27)28)21-22-20-17(31-21)5-4-6-18(20)32(3,29)30/h4-12H,13-14H2,1-3H3. The molecule has 0 N–H and O–H groups in total. The zero-order valence-corrected chi connectivity index (χ0v) is 19.4. The van der Waals surface area contributed by atoms with Gasteiger partial charge in [-0.3, -0.25) is 19.8 Å². The largest absolute Gasteiger partial charge is 0.308 e. The molecule has 3 rings (SSSR count). The van der Waals surface area contributed by atoms with E-state index in [0.717, 1.165) is 6.26 Å². The first-order valence-electron chi connectivity index (χ1n) is 9.54. The highest BCUT2D eigenvalue weighted by Crippen LogP contribution is 2.32. The smallest absolute Gasteiger partial charge is 0.269 e. The lowest BCUT2D eigenvalue weighted by molar-refractivity contribution is -0.384. The van der Waals surface area contributed by atoms with Crippen LogP contribution in [0.4, 0.5) is 10.8 Å². The van der Waals surface area contributed by atoms with Crippen LogP contribution in [0.15, 0.2) is 53.4 Å². The quantitative estimate of drug-likeness (QED) is 0.280. The van der Waals surface area contributed by atoms with Gasteiger partial charge in [-0.25, -0.2) is 13.4 Å². The molecule has 0 radical (unpaired) electrons. The lowest BCUT2D eigenvalue weighted by Crippen LogP contribution is -2.35. The van der Waals surface area contributed by atoms with Gasteiger partial charge in [0.1, 0.15) is 5.52 Å². The highest BCUT2D eigenvalue weighted by molar-refractivity contribution is 7.91. The Kier molecular flexibility index (Phi) is 7.02. The number of fused-ring (bicyclic) bond motifs is 1. The summed E-state index contributed by atoms with van der Waals surface area (Å²) in [5, 5.41) is 11.2. The molecule has 2 aromatic carbocycles. The van der Waals surface area contributed by atoms with Crippen LogP contribution in [-0.2, 0) is 14.6 Å². The number of aromatic nitrogens is 1. The van der Waals surface area contributed by atoms with Crippen LogP contribution in [-0.4, -0.2) is 62.6 Å². The zero-order valence-electron chi connectivity index (χ0n) is 17.8.